The quantitative estimate of drug-likeness (QED) is 0.671. The van der Waals surface area contributed by atoms with Crippen LogP contribution in [-0.4, -0.2) is 30.7 Å². The highest BCUT2D eigenvalue weighted by atomic mass is 15.1. The van der Waals surface area contributed by atoms with Gasteiger partial charge in [-0.3, -0.25) is 4.98 Å². The Morgan fingerprint density at radius 3 is 2.54 bits per heavy atom. The fourth-order valence-corrected chi connectivity index (χ4v) is 4.08. The number of benzene rings is 2. The molecule has 28 heavy (non-hydrogen) atoms. The molecule has 0 saturated carbocycles. The predicted octanol–water partition coefficient (Wildman–Crippen LogP) is 4.86. The molecule has 1 aliphatic rings. The van der Waals surface area contributed by atoms with Crippen LogP contribution < -0.4 is 10.2 Å². The lowest BCUT2D eigenvalue weighted by molar-refractivity contribution is 0.417. The summed E-state index contributed by atoms with van der Waals surface area (Å²) in [6.45, 7) is 5.46. The minimum absolute atomic E-state index is 0.623. The molecule has 0 amide bonds. The topological polar surface area (TPSA) is 28.2 Å². The number of hydrogen-bond acceptors (Lipinski definition) is 3. The highest BCUT2D eigenvalue weighted by Crippen LogP contribution is 2.28. The van der Waals surface area contributed by atoms with Gasteiger partial charge >= 0.3 is 0 Å². The molecule has 1 saturated heterocycles. The molecule has 1 fully saturated rings. The van der Waals surface area contributed by atoms with Crippen LogP contribution in [-0.2, 0) is 6.42 Å². The number of aromatic nitrogens is 1. The average molecular weight is 372 g/mol. The first-order chi connectivity index (χ1) is 13.8. The molecular formula is C25H29N3. The molecule has 0 atom stereocenters. The molecule has 4 rings (SSSR count). The van der Waals surface area contributed by atoms with E-state index in [1.54, 1.807) is 0 Å². The van der Waals surface area contributed by atoms with Crippen LogP contribution in [0.2, 0.25) is 0 Å². The number of nitrogens with one attached hydrogen (secondary N) is 1. The van der Waals surface area contributed by atoms with Crippen LogP contribution in [0.4, 0.5) is 5.69 Å². The van der Waals surface area contributed by atoms with Crippen LogP contribution >= 0.6 is 0 Å². The van der Waals surface area contributed by atoms with Gasteiger partial charge in [-0.15, -0.1) is 0 Å². The lowest BCUT2D eigenvalue weighted by Crippen LogP contribution is -2.43. The van der Waals surface area contributed by atoms with E-state index < -0.39 is 0 Å². The molecule has 0 unspecified atom stereocenters. The van der Waals surface area contributed by atoms with Crippen LogP contribution in [0.5, 0.6) is 0 Å². The van der Waals surface area contributed by atoms with Crippen molar-refractivity contribution < 1.29 is 0 Å². The lowest BCUT2D eigenvalue weighted by atomic mass is 9.99. The second-order valence-corrected chi connectivity index (χ2v) is 7.69. The third kappa shape index (κ3) is 4.60. The number of piperidine rings is 1. The second kappa shape index (κ2) is 9.03. The molecule has 144 valence electrons. The van der Waals surface area contributed by atoms with Crippen LogP contribution in [0.1, 0.15) is 24.0 Å². The van der Waals surface area contributed by atoms with Gasteiger partial charge in [-0.25, -0.2) is 0 Å². The van der Waals surface area contributed by atoms with Gasteiger partial charge in [0.05, 0.1) is 0 Å². The minimum Gasteiger partial charge on any atom is -0.371 e. The second-order valence-electron chi connectivity index (χ2n) is 7.69. The summed E-state index contributed by atoms with van der Waals surface area (Å²) in [5.74, 6) is 0. The van der Waals surface area contributed by atoms with Crippen molar-refractivity contribution in [3.05, 3.63) is 84.2 Å². The molecule has 1 N–H and O–H groups in total. The van der Waals surface area contributed by atoms with E-state index in [-0.39, 0.29) is 0 Å². The molecule has 3 aromatic rings. The Balaban J connectivity index is 1.31. The van der Waals surface area contributed by atoms with Crippen LogP contribution in [0.15, 0.2) is 73.1 Å². The van der Waals surface area contributed by atoms with Crippen LogP contribution in [0, 0.1) is 6.92 Å². The van der Waals surface area contributed by atoms with Crippen molar-refractivity contribution in [2.75, 3.05) is 24.5 Å². The summed E-state index contributed by atoms with van der Waals surface area (Å²) in [7, 11) is 0. The Labute approximate surface area is 168 Å². The fraction of sp³-hybridized carbons (Fsp3) is 0.320. The van der Waals surface area contributed by atoms with Crippen LogP contribution in [0.3, 0.4) is 0 Å². The van der Waals surface area contributed by atoms with Crippen molar-refractivity contribution in [2.24, 2.45) is 0 Å². The summed E-state index contributed by atoms with van der Waals surface area (Å²) >= 11 is 0. The van der Waals surface area contributed by atoms with E-state index in [0.717, 1.165) is 26.1 Å². The zero-order valence-corrected chi connectivity index (χ0v) is 16.6. The Bertz CT molecular complexity index is 883. The SMILES string of the molecule is Cc1ccccc1-c1cccc(N2CCC(NCCc3ccncc3)CC2)c1. The van der Waals surface area contributed by atoms with Gasteiger partial charge in [0.2, 0.25) is 0 Å². The molecule has 2 heterocycles. The van der Waals surface area contributed by atoms with Crippen molar-refractivity contribution in [1.29, 1.82) is 0 Å². The third-order valence-electron chi connectivity index (χ3n) is 5.76. The normalized spacial score (nSPS) is 15.0. The third-order valence-corrected chi connectivity index (χ3v) is 5.76. The minimum atomic E-state index is 0.623. The van der Waals surface area contributed by atoms with Crippen molar-refractivity contribution in [1.82, 2.24) is 10.3 Å². The maximum atomic E-state index is 4.08. The summed E-state index contributed by atoms with van der Waals surface area (Å²) < 4.78 is 0. The standard InChI is InChI=1S/C25H29N3/c1-20-5-2-3-8-25(20)22-6-4-7-24(19-22)28-17-12-23(13-18-28)27-16-11-21-9-14-26-15-10-21/h2-10,14-15,19,23,27H,11-13,16-18H2,1H3. The van der Waals surface area contributed by atoms with Gasteiger partial charge in [0.1, 0.15) is 0 Å². The van der Waals surface area contributed by atoms with Crippen molar-refractivity contribution >= 4 is 5.69 Å². The molecule has 0 spiro atoms. The maximum absolute atomic E-state index is 4.08. The largest absolute Gasteiger partial charge is 0.371 e. The van der Waals surface area contributed by atoms with Crippen LogP contribution in [0.25, 0.3) is 11.1 Å². The van der Waals surface area contributed by atoms with E-state index >= 15 is 0 Å². The Morgan fingerprint density at radius 1 is 0.964 bits per heavy atom. The number of nitrogens with zero attached hydrogens (tertiary/aromatic N) is 2. The van der Waals surface area contributed by atoms with Gasteiger partial charge in [-0.2, -0.15) is 0 Å². The summed E-state index contributed by atoms with van der Waals surface area (Å²) in [6.07, 6.45) is 7.22. The molecule has 3 nitrogen and oxygen atoms in total. The molecule has 3 heteroatoms. The number of aryl methyl sites for hydroxylation is 1. The molecule has 0 bridgehead atoms. The molecule has 2 aromatic carbocycles. The monoisotopic (exact) mass is 371 g/mol. The lowest BCUT2D eigenvalue weighted by Gasteiger charge is -2.34. The molecule has 0 aliphatic carbocycles. The summed E-state index contributed by atoms with van der Waals surface area (Å²) in [5, 5.41) is 3.74. The zero-order chi connectivity index (χ0) is 19.2. The van der Waals surface area contributed by atoms with Crippen molar-refractivity contribution in [3.63, 3.8) is 0 Å². The Kier molecular flexibility index (Phi) is 6.03. The molecular weight excluding hydrogens is 342 g/mol. The summed E-state index contributed by atoms with van der Waals surface area (Å²) in [4.78, 5) is 6.62. The van der Waals surface area contributed by atoms with Gasteiger partial charge in [-0.1, -0.05) is 36.4 Å². The first-order valence-corrected chi connectivity index (χ1v) is 10.3. The van der Waals surface area contributed by atoms with E-state index in [9.17, 15) is 0 Å². The van der Waals surface area contributed by atoms with Gasteiger partial charge in [0.25, 0.3) is 0 Å². The molecule has 1 aliphatic heterocycles. The first-order valence-electron chi connectivity index (χ1n) is 10.3. The Hall–Kier alpha value is -2.65. The zero-order valence-electron chi connectivity index (χ0n) is 16.6. The van der Waals surface area contributed by atoms with E-state index in [1.807, 2.05) is 12.4 Å². The number of hydrogen-bond donors (Lipinski definition) is 1. The van der Waals surface area contributed by atoms with Gasteiger partial charge in [-0.05, 0) is 79.3 Å². The van der Waals surface area contributed by atoms with E-state index in [4.69, 9.17) is 0 Å². The summed E-state index contributed by atoms with van der Waals surface area (Å²) in [5.41, 5.74) is 6.67. The van der Waals surface area contributed by atoms with E-state index in [0.29, 0.717) is 6.04 Å². The number of pyridine rings is 1. The number of anilines is 1. The summed E-state index contributed by atoms with van der Waals surface area (Å²) in [6, 6.07) is 22.5. The average Bonchev–Trinajstić information content (AvgIpc) is 2.75. The van der Waals surface area contributed by atoms with Gasteiger partial charge in [0, 0.05) is 37.2 Å². The van der Waals surface area contributed by atoms with Gasteiger partial charge < -0.3 is 10.2 Å². The number of rotatable bonds is 6. The highest BCUT2D eigenvalue weighted by Gasteiger charge is 2.19. The predicted molar refractivity (Wildman–Crippen MR) is 118 cm³/mol. The smallest absolute Gasteiger partial charge is 0.0372 e. The van der Waals surface area contributed by atoms with Gasteiger partial charge in [0.15, 0.2) is 0 Å². The van der Waals surface area contributed by atoms with E-state index in [2.05, 4.69) is 82.8 Å². The van der Waals surface area contributed by atoms with Crippen molar-refractivity contribution in [2.45, 2.75) is 32.2 Å². The van der Waals surface area contributed by atoms with Crippen molar-refractivity contribution in [3.8, 4) is 11.1 Å². The maximum Gasteiger partial charge on any atom is 0.0372 e. The molecule has 1 aromatic heterocycles. The first kappa shape index (κ1) is 18.7. The van der Waals surface area contributed by atoms with E-state index in [1.165, 1.54) is 40.8 Å². The molecule has 0 radical (unpaired) electrons. The highest BCUT2D eigenvalue weighted by molar-refractivity contribution is 5.71. The Morgan fingerprint density at radius 2 is 1.75 bits per heavy atom. The fourth-order valence-electron chi connectivity index (χ4n) is 4.08.